The Morgan fingerprint density at radius 2 is 1.62 bits per heavy atom. The molecule has 9 heteroatoms. The number of carbonyl (C=O) groups excluding carboxylic acids is 2. The second-order valence-electron chi connectivity index (χ2n) is 20.5. The molecule has 7 fully saturated rings. The molecule has 0 radical (unpaired) electrons. The molecule has 2 saturated heterocycles. The molecule has 14 unspecified atom stereocenters. The van der Waals surface area contributed by atoms with Crippen molar-refractivity contribution in [2.24, 2.45) is 50.7 Å². The van der Waals surface area contributed by atoms with Gasteiger partial charge in [-0.05, 0) is 139 Å². The molecule has 5 aliphatic carbocycles. The Morgan fingerprint density at radius 1 is 0.960 bits per heavy atom. The van der Waals surface area contributed by atoms with Gasteiger partial charge < -0.3 is 29.2 Å². The molecule has 50 heavy (non-hydrogen) atoms. The summed E-state index contributed by atoms with van der Waals surface area (Å²) in [4.78, 5) is 27.8. The monoisotopic (exact) mass is 701 g/mol. The van der Waals surface area contributed by atoms with Gasteiger partial charge in [0, 0.05) is 24.0 Å². The van der Waals surface area contributed by atoms with E-state index in [1.807, 2.05) is 27.7 Å². The summed E-state index contributed by atoms with van der Waals surface area (Å²) in [5, 5.41) is 23.7. The van der Waals surface area contributed by atoms with Crippen molar-refractivity contribution in [3.05, 3.63) is 0 Å². The molecular weight excluding hydrogens is 634 g/mol. The van der Waals surface area contributed by atoms with Crippen LogP contribution in [-0.4, -0.2) is 88.1 Å². The lowest BCUT2D eigenvalue weighted by Crippen LogP contribution is -2.61. The summed E-state index contributed by atoms with van der Waals surface area (Å²) in [5.74, 6) is 1.15. The number of carbonyl (C=O) groups is 2. The highest BCUT2D eigenvalue weighted by atomic mass is 16.6. The fourth-order valence-corrected chi connectivity index (χ4v) is 14.1. The fourth-order valence-electron chi connectivity index (χ4n) is 14.1. The minimum absolute atomic E-state index is 0.0467. The number of hydrogen-bond acceptors (Lipinski definition) is 8. The number of aliphatic hydroxyl groups excluding tert-OH is 1. The van der Waals surface area contributed by atoms with Crippen LogP contribution in [0, 0.1) is 50.7 Å². The highest BCUT2D eigenvalue weighted by molar-refractivity contribution is 5.83. The van der Waals surface area contributed by atoms with E-state index in [0.29, 0.717) is 37.3 Å². The summed E-state index contributed by atoms with van der Waals surface area (Å²) in [6, 6.07) is -0.570. The van der Waals surface area contributed by atoms with Gasteiger partial charge in [0.15, 0.2) is 0 Å². The predicted octanol–water partition coefficient (Wildman–Crippen LogP) is 6.90. The third-order valence-corrected chi connectivity index (χ3v) is 16.3. The van der Waals surface area contributed by atoms with Gasteiger partial charge in [-0.3, -0.25) is 4.90 Å². The first-order valence-corrected chi connectivity index (χ1v) is 20.0. The van der Waals surface area contributed by atoms with Gasteiger partial charge in [-0.2, -0.15) is 0 Å². The zero-order chi connectivity index (χ0) is 36.6. The van der Waals surface area contributed by atoms with Gasteiger partial charge in [0.05, 0.1) is 23.9 Å². The molecule has 9 nitrogen and oxygen atoms in total. The minimum atomic E-state index is -1.05. The van der Waals surface area contributed by atoms with Crippen molar-refractivity contribution in [2.45, 2.75) is 182 Å². The normalized spacial score (nSPS) is 48.1. The van der Waals surface area contributed by atoms with Gasteiger partial charge >= 0.3 is 12.1 Å². The van der Waals surface area contributed by atoms with Gasteiger partial charge in [0.25, 0.3) is 0 Å². The Balaban J connectivity index is 1.09. The predicted molar refractivity (Wildman–Crippen MR) is 189 cm³/mol. The maximum absolute atomic E-state index is 13.6. The molecule has 2 N–H and O–H groups in total. The first-order valence-electron chi connectivity index (χ1n) is 20.0. The smallest absolute Gasteiger partial charge is 0.411 e. The van der Waals surface area contributed by atoms with E-state index in [0.717, 1.165) is 38.5 Å². The summed E-state index contributed by atoms with van der Waals surface area (Å²) in [5.41, 5.74) is -1.78. The molecule has 0 aromatic rings. The number of ether oxygens (including phenoxy) is 4. The van der Waals surface area contributed by atoms with Gasteiger partial charge in [0.1, 0.15) is 23.9 Å². The Kier molecular flexibility index (Phi) is 8.52. The molecule has 1 amide bonds. The fraction of sp³-hybridized carbons (Fsp3) is 0.951. The maximum atomic E-state index is 13.6. The van der Waals surface area contributed by atoms with Crippen molar-refractivity contribution in [1.82, 2.24) is 4.90 Å². The van der Waals surface area contributed by atoms with E-state index in [-0.39, 0.29) is 57.3 Å². The Labute approximate surface area is 300 Å². The van der Waals surface area contributed by atoms with Crippen molar-refractivity contribution >= 4 is 12.1 Å². The number of esters is 1. The molecule has 2 spiro atoms. The van der Waals surface area contributed by atoms with Crippen LogP contribution in [0.15, 0.2) is 0 Å². The summed E-state index contributed by atoms with van der Waals surface area (Å²) in [6.07, 6.45) is 6.72. The lowest BCUT2D eigenvalue weighted by molar-refractivity contribution is -0.215. The number of hydrogen-bond donors (Lipinski definition) is 2. The topological polar surface area (TPSA) is 115 Å². The Bertz CT molecular complexity index is 1370. The Morgan fingerprint density at radius 3 is 2.22 bits per heavy atom. The second-order valence-corrected chi connectivity index (χ2v) is 20.5. The first-order chi connectivity index (χ1) is 23.1. The zero-order valence-corrected chi connectivity index (χ0v) is 32.8. The number of amides is 1. The van der Waals surface area contributed by atoms with Crippen LogP contribution in [0.25, 0.3) is 0 Å². The number of nitrogens with zero attached hydrogens (tertiary/aromatic N) is 1. The number of fused-ring (bicyclic) bond motifs is 4. The van der Waals surface area contributed by atoms with E-state index in [4.69, 9.17) is 18.9 Å². The highest BCUT2D eigenvalue weighted by Crippen LogP contribution is 2.89. The summed E-state index contributed by atoms with van der Waals surface area (Å²) < 4.78 is 25.0. The quantitative estimate of drug-likeness (QED) is 0.288. The summed E-state index contributed by atoms with van der Waals surface area (Å²) in [6.45, 7) is 23.9. The molecule has 14 atom stereocenters. The SMILES string of the molecule is CCOC(C1CC(C)C2C(O1)C(O)C1(C)C3CCC4C(C)(C)C(OC(=O)C5CCN5C(=O)OC(C)(C)C)CCC45CC35CCC21C)C(C)(C)O. The van der Waals surface area contributed by atoms with Crippen molar-refractivity contribution < 1.29 is 38.7 Å². The van der Waals surface area contributed by atoms with E-state index < -0.39 is 35.5 Å². The van der Waals surface area contributed by atoms with Crippen molar-refractivity contribution in [3.63, 3.8) is 0 Å². The molecule has 0 aromatic heterocycles. The molecule has 7 rings (SSSR count). The van der Waals surface area contributed by atoms with Crippen LogP contribution in [0.2, 0.25) is 0 Å². The first kappa shape index (κ1) is 36.9. The second kappa shape index (κ2) is 11.5. The third-order valence-electron chi connectivity index (χ3n) is 16.3. The van der Waals surface area contributed by atoms with Gasteiger partial charge in [-0.15, -0.1) is 0 Å². The van der Waals surface area contributed by atoms with Crippen LogP contribution < -0.4 is 0 Å². The van der Waals surface area contributed by atoms with Crippen LogP contribution >= 0.6 is 0 Å². The minimum Gasteiger partial charge on any atom is -0.460 e. The third kappa shape index (κ3) is 4.97. The van der Waals surface area contributed by atoms with Gasteiger partial charge in [-0.25, -0.2) is 9.59 Å². The average molecular weight is 702 g/mol. The maximum Gasteiger partial charge on any atom is 0.411 e. The van der Waals surface area contributed by atoms with Crippen LogP contribution in [-0.2, 0) is 23.7 Å². The number of aliphatic hydroxyl groups is 2. The molecule has 5 saturated carbocycles. The Hall–Kier alpha value is -1.42. The van der Waals surface area contributed by atoms with Gasteiger partial charge in [-0.1, -0.05) is 34.6 Å². The largest absolute Gasteiger partial charge is 0.460 e. The summed E-state index contributed by atoms with van der Waals surface area (Å²) in [7, 11) is 0. The van der Waals surface area contributed by atoms with E-state index in [9.17, 15) is 19.8 Å². The number of rotatable bonds is 6. The van der Waals surface area contributed by atoms with Crippen molar-refractivity contribution in [3.8, 4) is 0 Å². The van der Waals surface area contributed by atoms with E-state index in [1.165, 1.54) is 17.7 Å². The lowest BCUT2D eigenvalue weighted by atomic mass is 9.41. The van der Waals surface area contributed by atoms with Gasteiger partial charge in [0.2, 0.25) is 0 Å². The molecule has 284 valence electrons. The van der Waals surface area contributed by atoms with Crippen LogP contribution in [0.4, 0.5) is 4.79 Å². The molecular formula is C41H67NO8. The van der Waals surface area contributed by atoms with Crippen molar-refractivity contribution in [2.75, 3.05) is 13.2 Å². The zero-order valence-electron chi connectivity index (χ0n) is 32.8. The lowest BCUT2D eigenvalue weighted by Gasteiger charge is -2.63. The molecule has 2 heterocycles. The van der Waals surface area contributed by atoms with E-state index >= 15 is 0 Å². The highest BCUT2D eigenvalue weighted by Gasteiger charge is 2.85. The molecule has 2 aliphatic heterocycles. The van der Waals surface area contributed by atoms with Crippen LogP contribution in [0.3, 0.4) is 0 Å². The standard InChI is InChI=1S/C41H67NO8/c1-12-47-32(37(8,9)46)25-21-23(2)29-30(48-25)31(43)39(11)27-14-13-26-36(6,7)28(15-17-40(26)22-41(27,40)19-18-38(29,39)10)49-33(44)24-16-20-42(24)34(45)50-35(3,4)5/h23-32,43,46H,12-22H2,1-11H3. The summed E-state index contributed by atoms with van der Waals surface area (Å²) >= 11 is 0. The van der Waals surface area contributed by atoms with E-state index in [2.05, 4.69) is 34.6 Å². The van der Waals surface area contributed by atoms with Crippen LogP contribution in [0.1, 0.15) is 134 Å². The van der Waals surface area contributed by atoms with Crippen LogP contribution in [0.5, 0.6) is 0 Å². The van der Waals surface area contributed by atoms with Crippen molar-refractivity contribution in [1.29, 1.82) is 0 Å². The number of likely N-dealkylation sites (tertiary alicyclic amines) is 1. The van der Waals surface area contributed by atoms with E-state index in [1.54, 1.807) is 13.8 Å². The molecule has 0 bridgehead atoms. The average Bonchev–Trinajstić information content (AvgIpc) is 3.60. The molecule has 7 aliphatic rings. The molecule has 0 aromatic carbocycles.